The summed E-state index contributed by atoms with van der Waals surface area (Å²) in [5.41, 5.74) is 6.06. The standard InChI is InChI=1S/C12H20N4O2S/c1-12(3-4-12)7-15-10(17)8-9(13)16-11(19-8)14-5-6-18-2/h3-7,13H2,1-2H3,(H,14,16)(H,15,17). The summed E-state index contributed by atoms with van der Waals surface area (Å²) in [7, 11) is 1.63. The highest BCUT2D eigenvalue weighted by Crippen LogP contribution is 2.44. The van der Waals surface area contributed by atoms with E-state index in [1.54, 1.807) is 7.11 Å². The number of carbonyl (C=O) groups is 1. The van der Waals surface area contributed by atoms with Crippen molar-refractivity contribution in [2.45, 2.75) is 19.8 Å². The molecule has 0 radical (unpaired) electrons. The van der Waals surface area contributed by atoms with E-state index in [0.29, 0.717) is 29.7 Å². The van der Waals surface area contributed by atoms with E-state index in [2.05, 4.69) is 22.5 Å². The molecule has 1 heterocycles. The Morgan fingerprint density at radius 3 is 2.95 bits per heavy atom. The van der Waals surface area contributed by atoms with Gasteiger partial charge in [-0.2, -0.15) is 0 Å². The third kappa shape index (κ3) is 3.81. The fraction of sp³-hybridized carbons (Fsp3) is 0.667. The number of anilines is 2. The van der Waals surface area contributed by atoms with E-state index in [-0.39, 0.29) is 17.1 Å². The molecule has 1 aromatic rings. The second kappa shape index (κ2) is 5.75. The molecule has 0 bridgehead atoms. The van der Waals surface area contributed by atoms with Crippen molar-refractivity contribution in [2.24, 2.45) is 5.41 Å². The number of ether oxygens (including phenoxy) is 1. The van der Waals surface area contributed by atoms with Gasteiger partial charge < -0.3 is 21.1 Å². The number of rotatable bonds is 7. The summed E-state index contributed by atoms with van der Waals surface area (Å²) in [5, 5.41) is 6.64. The summed E-state index contributed by atoms with van der Waals surface area (Å²) < 4.78 is 4.93. The fourth-order valence-electron chi connectivity index (χ4n) is 1.59. The van der Waals surface area contributed by atoms with E-state index < -0.39 is 0 Å². The number of hydrogen-bond acceptors (Lipinski definition) is 6. The quantitative estimate of drug-likeness (QED) is 0.657. The topological polar surface area (TPSA) is 89.3 Å². The largest absolute Gasteiger partial charge is 0.383 e. The van der Waals surface area contributed by atoms with Crippen LogP contribution in [0, 0.1) is 5.41 Å². The summed E-state index contributed by atoms with van der Waals surface area (Å²) in [5.74, 6) is 0.145. The first-order chi connectivity index (χ1) is 9.04. The molecule has 0 unspecified atom stereocenters. The van der Waals surface area contributed by atoms with Gasteiger partial charge in [0.25, 0.3) is 5.91 Å². The number of nitrogens with two attached hydrogens (primary N) is 1. The van der Waals surface area contributed by atoms with Crippen LogP contribution in [0.15, 0.2) is 0 Å². The number of carbonyl (C=O) groups excluding carboxylic acids is 1. The van der Waals surface area contributed by atoms with Gasteiger partial charge in [-0.05, 0) is 18.3 Å². The number of nitrogens with one attached hydrogen (secondary N) is 2. The van der Waals surface area contributed by atoms with Crippen molar-refractivity contribution in [2.75, 3.05) is 37.9 Å². The maximum atomic E-state index is 12.0. The Labute approximate surface area is 116 Å². The number of methoxy groups -OCH3 is 1. The zero-order valence-corrected chi connectivity index (χ0v) is 12.1. The Balaban J connectivity index is 1.89. The molecule has 106 valence electrons. The third-order valence-electron chi connectivity index (χ3n) is 3.22. The lowest BCUT2D eigenvalue weighted by Crippen LogP contribution is -2.28. The van der Waals surface area contributed by atoms with E-state index in [1.165, 1.54) is 24.2 Å². The maximum absolute atomic E-state index is 12.0. The molecule has 1 aromatic heterocycles. The second-order valence-electron chi connectivity index (χ2n) is 5.15. The highest BCUT2D eigenvalue weighted by Gasteiger charge is 2.37. The SMILES string of the molecule is COCCNc1nc(N)c(C(=O)NCC2(C)CC2)s1. The van der Waals surface area contributed by atoms with Crippen LogP contribution < -0.4 is 16.4 Å². The van der Waals surface area contributed by atoms with E-state index >= 15 is 0 Å². The minimum atomic E-state index is -0.136. The van der Waals surface area contributed by atoms with Crippen molar-refractivity contribution in [1.29, 1.82) is 0 Å². The van der Waals surface area contributed by atoms with Crippen molar-refractivity contribution >= 4 is 28.2 Å². The van der Waals surface area contributed by atoms with Crippen molar-refractivity contribution < 1.29 is 9.53 Å². The average Bonchev–Trinajstić information content (AvgIpc) is 3.00. The second-order valence-corrected chi connectivity index (χ2v) is 6.15. The van der Waals surface area contributed by atoms with E-state index in [9.17, 15) is 4.79 Å². The van der Waals surface area contributed by atoms with Gasteiger partial charge in [0.15, 0.2) is 5.13 Å². The molecular weight excluding hydrogens is 264 g/mol. The van der Waals surface area contributed by atoms with Crippen LogP contribution >= 0.6 is 11.3 Å². The Hall–Kier alpha value is -1.34. The number of nitrogens with zero attached hydrogens (tertiary/aromatic N) is 1. The molecule has 0 spiro atoms. The van der Waals surface area contributed by atoms with E-state index in [1.807, 2.05) is 0 Å². The van der Waals surface area contributed by atoms with Gasteiger partial charge >= 0.3 is 0 Å². The van der Waals surface area contributed by atoms with Crippen molar-refractivity contribution in [3.05, 3.63) is 4.88 Å². The molecule has 19 heavy (non-hydrogen) atoms. The zero-order chi connectivity index (χ0) is 13.9. The van der Waals surface area contributed by atoms with Crippen LogP contribution in [0.25, 0.3) is 0 Å². The first-order valence-corrected chi connectivity index (χ1v) is 7.13. The minimum Gasteiger partial charge on any atom is -0.383 e. The van der Waals surface area contributed by atoms with Gasteiger partial charge in [0.2, 0.25) is 0 Å². The highest BCUT2D eigenvalue weighted by atomic mass is 32.1. The normalized spacial score (nSPS) is 16.1. The molecule has 1 fully saturated rings. The Morgan fingerprint density at radius 2 is 2.32 bits per heavy atom. The van der Waals surface area contributed by atoms with Gasteiger partial charge in [-0.1, -0.05) is 18.3 Å². The number of nitrogen functional groups attached to an aromatic ring is 1. The molecule has 0 saturated heterocycles. The van der Waals surface area contributed by atoms with Crippen molar-refractivity contribution in [3.8, 4) is 0 Å². The Morgan fingerprint density at radius 1 is 1.58 bits per heavy atom. The van der Waals surface area contributed by atoms with Crippen molar-refractivity contribution in [3.63, 3.8) is 0 Å². The van der Waals surface area contributed by atoms with Crippen LogP contribution in [0.5, 0.6) is 0 Å². The molecular formula is C12H20N4O2S. The van der Waals surface area contributed by atoms with Crippen LogP contribution in [0.3, 0.4) is 0 Å². The van der Waals surface area contributed by atoms with Crippen LogP contribution in [0.1, 0.15) is 29.4 Å². The zero-order valence-electron chi connectivity index (χ0n) is 11.3. The minimum absolute atomic E-state index is 0.136. The highest BCUT2D eigenvalue weighted by molar-refractivity contribution is 7.18. The van der Waals surface area contributed by atoms with Gasteiger partial charge in [0, 0.05) is 20.2 Å². The van der Waals surface area contributed by atoms with Gasteiger partial charge in [-0.25, -0.2) is 4.98 Å². The Bertz CT molecular complexity index is 457. The molecule has 7 heteroatoms. The van der Waals surface area contributed by atoms with Crippen molar-refractivity contribution in [1.82, 2.24) is 10.3 Å². The van der Waals surface area contributed by atoms with Gasteiger partial charge in [-0.15, -0.1) is 0 Å². The van der Waals surface area contributed by atoms with Crippen LogP contribution in [0.2, 0.25) is 0 Å². The predicted octanol–water partition coefficient (Wildman–Crippen LogP) is 1.31. The fourth-order valence-corrected chi connectivity index (χ4v) is 2.42. The molecule has 1 aliphatic rings. The molecule has 1 saturated carbocycles. The van der Waals surface area contributed by atoms with Crippen LogP contribution in [-0.2, 0) is 4.74 Å². The molecule has 0 aliphatic heterocycles. The predicted molar refractivity (Wildman–Crippen MR) is 76.6 cm³/mol. The first-order valence-electron chi connectivity index (χ1n) is 6.31. The summed E-state index contributed by atoms with van der Waals surface area (Å²) in [4.78, 5) is 16.6. The smallest absolute Gasteiger partial charge is 0.265 e. The maximum Gasteiger partial charge on any atom is 0.265 e. The molecule has 0 atom stereocenters. The number of thiazole rings is 1. The molecule has 6 nitrogen and oxygen atoms in total. The number of hydrogen-bond donors (Lipinski definition) is 3. The van der Waals surface area contributed by atoms with Gasteiger partial charge in [-0.3, -0.25) is 4.79 Å². The number of aromatic nitrogens is 1. The van der Waals surface area contributed by atoms with E-state index in [4.69, 9.17) is 10.5 Å². The third-order valence-corrected chi connectivity index (χ3v) is 4.25. The lowest BCUT2D eigenvalue weighted by Gasteiger charge is -2.08. The average molecular weight is 284 g/mol. The molecule has 1 aliphatic carbocycles. The van der Waals surface area contributed by atoms with Crippen LogP contribution in [0.4, 0.5) is 10.9 Å². The molecule has 2 rings (SSSR count). The molecule has 4 N–H and O–H groups in total. The Kier molecular flexibility index (Phi) is 4.26. The van der Waals surface area contributed by atoms with E-state index in [0.717, 1.165) is 0 Å². The number of amides is 1. The summed E-state index contributed by atoms with van der Waals surface area (Å²) in [6.07, 6.45) is 2.35. The van der Waals surface area contributed by atoms with Crippen LogP contribution in [-0.4, -0.2) is 37.7 Å². The lowest BCUT2D eigenvalue weighted by atomic mass is 10.1. The first kappa shape index (κ1) is 14.1. The summed E-state index contributed by atoms with van der Waals surface area (Å²) in [6.45, 7) is 4.10. The summed E-state index contributed by atoms with van der Waals surface area (Å²) >= 11 is 1.27. The molecule has 0 aromatic carbocycles. The molecule has 1 amide bonds. The summed E-state index contributed by atoms with van der Waals surface area (Å²) in [6, 6.07) is 0. The lowest BCUT2D eigenvalue weighted by molar-refractivity contribution is 0.0951. The van der Waals surface area contributed by atoms with Gasteiger partial charge in [0.1, 0.15) is 10.7 Å². The van der Waals surface area contributed by atoms with Gasteiger partial charge in [0.05, 0.1) is 6.61 Å². The monoisotopic (exact) mass is 284 g/mol.